The minimum absolute atomic E-state index is 0.0151. The molecule has 7 unspecified atom stereocenters. The van der Waals surface area contributed by atoms with Gasteiger partial charge in [-0.1, -0.05) is 30.4 Å². The van der Waals surface area contributed by atoms with E-state index in [9.17, 15) is 24.3 Å². The second-order valence-electron chi connectivity index (χ2n) is 13.5. The zero-order chi connectivity index (χ0) is 33.6. The molecule has 3 fully saturated rings. The summed E-state index contributed by atoms with van der Waals surface area (Å²) in [6.45, 7) is 5.02. The number of aliphatic hydroxyl groups is 1. The van der Waals surface area contributed by atoms with E-state index >= 15 is 0 Å². The standard InChI is InChI=1S/C35H46N2O10/c1-35(2,3)47-31(40)13-11-24(19-38)37-30(39)14-15-36-33(41)23-17-28-32(44-20-43-28)29(18-23)46-34(42)25-7-5-4-6-22(25)10-8-21-9-12-26-27(16-21)45-26/h4-8,10,17,21,24,26-29,32,38H,9,11-16,18-20H2,1-3H3,(H,36,41)(H,37,39). The molecule has 47 heavy (non-hydrogen) atoms. The minimum Gasteiger partial charge on any atom is -0.460 e. The quantitative estimate of drug-likeness (QED) is 0.213. The topological polar surface area (TPSA) is 162 Å². The molecule has 3 N–H and O–H groups in total. The number of rotatable bonds is 13. The maximum Gasteiger partial charge on any atom is 0.339 e. The van der Waals surface area contributed by atoms with Crippen LogP contribution in [0, 0.1) is 5.92 Å². The molecule has 5 rings (SSSR count). The summed E-state index contributed by atoms with van der Waals surface area (Å²) in [6, 6.07) is 6.65. The summed E-state index contributed by atoms with van der Waals surface area (Å²) in [7, 11) is 0. The van der Waals surface area contributed by atoms with Gasteiger partial charge >= 0.3 is 11.9 Å². The van der Waals surface area contributed by atoms with Crippen molar-refractivity contribution in [2.75, 3.05) is 19.9 Å². The predicted octanol–water partition coefficient (Wildman–Crippen LogP) is 2.97. The summed E-state index contributed by atoms with van der Waals surface area (Å²) in [5.41, 5.74) is 0.933. The van der Waals surface area contributed by atoms with Gasteiger partial charge in [0.1, 0.15) is 30.7 Å². The molecule has 1 aromatic carbocycles. The second-order valence-corrected chi connectivity index (χ2v) is 13.5. The number of allylic oxidation sites excluding steroid dienone is 1. The predicted molar refractivity (Wildman–Crippen MR) is 170 cm³/mol. The Morgan fingerprint density at radius 3 is 2.66 bits per heavy atom. The molecule has 0 bridgehead atoms. The van der Waals surface area contributed by atoms with Gasteiger partial charge in [-0.2, -0.15) is 0 Å². The molecule has 1 saturated carbocycles. The van der Waals surface area contributed by atoms with Crippen LogP contribution in [0.2, 0.25) is 0 Å². The number of aliphatic hydroxyl groups excluding tert-OH is 1. The van der Waals surface area contributed by atoms with Crippen molar-refractivity contribution in [3.63, 3.8) is 0 Å². The molecule has 2 amide bonds. The summed E-state index contributed by atoms with van der Waals surface area (Å²) in [4.78, 5) is 51.0. The van der Waals surface area contributed by atoms with Crippen molar-refractivity contribution in [2.24, 2.45) is 5.92 Å². The van der Waals surface area contributed by atoms with Crippen LogP contribution in [0.3, 0.4) is 0 Å². The molecule has 7 atom stereocenters. The van der Waals surface area contributed by atoms with E-state index in [0.29, 0.717) is 29.3 Å². The van der Waals surface area contributed by atoms with Crippen LogP contribution in [-0.2, 0) is 38.1 Å². The fraction of sp³-hybridized carbons (Fsp3) is 0.600. The highest BCUT2D eigenvalue weighted by molar-refractivity contribution is 5.95. The Hall–Kier alpha value is -3.58. The molecular weight excluding hydrogens is 608 g/mol. The summed E-state index contributed by atoms with van der Waals surface area (Å²) < 4.78 is 28.2. The monoisotopic (exact) mass is 654 g/mol. The molecule has 2 aliphatic heterocycles. The molecule has 0 spiro atoms. The van der Waals surface area contributed by atoms with Gasteiger partial charge in [0.15, 0.2) is 0 Å². The zero-order valence-electron chi connectivity index (χ0n) is 27.3. The first-order valence-corrected chi connectivity index (χ1v) is 16.5. The Bertz CT molecular complexity index is 1370. The molecule has 256 valence electrons. The molecule has 1 aromatic rings. The van der Waals surface area contributed by atoms with E-state index in [-0.39, 0.29) is 51.5 Å². The molecule has 2 saturated heterocycles. The third-order valence-electron chi connectivity index (χ3n) is 8.66. The summed E-state index contributed by atoms with van der Waals surface area (Å²) in [6.07, 6.45) is 8.20. The highest BCUT2D eigenvalue weighted by Gasteiger charge is 2.44. The van der Waals surface area contributed by atoms with Crippen LogP contribution in [0.1, 0.15) is 81.6 Å². The average Bonchev–Trinajstić information content (AvgIpc) is 3.65. The van der Waals surface area contributed by atoms with Crippen molar-refractivity contribution >= 4 is 29.8 Å². The molecule has 12 nitrogen and oxygen atoms in total. The molecule has 2 heterocycles. The highest BCUT2D eigenvalue weighted by Crippen LogP contribution is 2.40. The number of nitrogens with one attached hydrogen (secondary N) is 2. The Balaban J connectivity index is 1.11. The maximum absolute atomic E-state index is 13.4. The summed E-state index contributed by atoms with van der Waals surface area (Å²) >= 11 is 0. The second kappa shape index (κ2) is 15.5. The number of epoxide rings is 1. The largest absolute Gasteiger partial charge is 0.460 e. The Kier molecular flexibility index (Phi) is 11.5. The lowest BCUT2D eigenvalue weighted by molar-refractivity contribution is -0.155. The molecule has 2 aliphatic carbocycles. The van der Waals surface area contributed by atoms with Crippen molar-refractivity contribution in [3.05, 3.63) is 53.1 Å². The van der Waals surface area contributed by atoms with Crippen LogP contribution in [-0.4, -0.2) is 91.0 Å². The Labute approximate surface area is 275 Å². The van der Waals surface area contributed by atoms with Crippen molar-refractivity contribution in [1.29, 1.82) is 0 Å². The summed E-state index contributed by atoms with van der Waals surface area (Å²) in [5, 5.41) is 15.1. The number of carbonyl (C=O) groups excluding carboxylic acids is 4. The van der Waals surface area contributed by atoms with Crippen LogP contribution in [0.5, 0.6) is 0 Å². The van der Waals surface area contributed by atoms with Gasteiger partial charge < -0.3 is 39.4 Å². The van der Waals surface area contributed by atoms with E-state index in [2.05, 4.69) is 16.7 Å². The lowest BCUT2D eigenvalue weighted by Gasteiger charge is -2.30. The van der Waals surface area contributed by atoms with Crippen molar-refractivity contribution in [1.82, 2.24) is 10.6 Å². The molecule has 0 radical (unpaired) electrons. The SMILES string of the molecule is CC(C)(C)OC(=O)CCC(CO)NC(=O)CCNC(=O)C1=CC2OCOC2C(OC(=O)c2ccccc2C=CC2CCC3OC3C2)C1. The van der Waals surface area contributed by atoms with Crippen molar-refractivity contribution in [3.8, 4) is 0 Å². The van der Waals surface area contributed by atoms with E-state index in [1.807, 2.05) is 18.2 Å². The lowest BCUT2D eigenvalue weighted by atomic mass is 9.88. The van der Waals surface area contributed by atoms with Crippen LogP contribution in [0.15, 0.2) is 42.0 Å². The van der Waals surface area contributed by atoms with Crippen molar-refractivity contribution < 1.29 is 48.0 Å². The van der Waals surface area contributed by atoms with Gasteiger partial charge in [-0.25, -0.2) is 4.79 Å². The average molecular weight is 655 g/mol. The fourth-order valence-electron chi connectivity index (χ4n) is 6.20. The minimum atomic E-state index is -0.751. The first-order chi connectivity index (χ1) is 22.5. The molecule has 12 heteroatoms. The van der Waals surface area contributed by atoms with Crippen LogP contribution >= 0.6 is 0 Å². The smallest absolute Gasteiger partial charge is 0.339 e. The number of carbonyl (C=O) groups is 4. The van der Waals surface area contributed by atoms with Gasteiger partial charge in [-0.05, 0) is 70.1 Å². The van der Waals surface area contributed by atoms with Crippen LogP contribution < -0.4 is 10.6 Å². The molecule has 0 aromatic heterocycles. The van der Waals surface area contributed by atoms with E-state index < -0.39 is 47.8 Å². The third kappa shape index (κ3) is 9.96. The number of fused-ring (bicyclic) bond motifs is 2. The van der Waals surface area contributed by atoms with Gasteiger partial charge in [0.05, 0.1) is 30.4 Å². The van der Waals surface area contributed by atoms with Gasteiger partial charge in [-0.3, -0.25) is 14.4 Å². The van der Waals surface area contributed by atoms with Crippen molar-refractivity contribution in [2.45, 2.75) is 108 Å². The number of benzene rings is 1. The van der Waals surface area contributed by atoms with Crippen LogP contribution in [0.25, 0.3) is 6.08 Å². The maximum atomic E-state index is 13.4. The fourth-order valence-corrected chi connectivity index (χ4v) is 6.20. The third-order valence-corrected chi connectivity index (χ3v) is 8.66. The molecular formula is C35H46N2O10. The van der Waals surface area contributed by atoms with E-state index in [1.165, 1.54) is 0 Å². The summed E-state index contributed by atoms with van der Waals surface area (Å²) in [5.74, 6) is -1.31. The number of hydrogen-bond donors (Lipinski definition) is 3. The number of ether oxygens (including phenoxy) is 5. The first kappa shape index (κ1) is 34.7. The van der Waals surface area contributed by atoms with E-state index in [1.54, 1.807) is 39.0 Å². The normalized spacial score (nSPS) is 27.2. The Morgan fingerprint density at radius 2 is 1.89 bits per heavy atom. The Morgan fingerprint density at radius 1 is 1.09 bits per heavy atom. The number of amides is 2. The number of esters is 2. The van der Waals surface area contributed by atoms with Gasteiger partial charge in [0, 0.05) is 31.4 Å². The van der Waals surface area contributed by atoms with E-state index in [0.717, 1.165) is 24.8 Å². The lowest BCUT2D eigenvalue weighted by Crippen LogP contribution is -2.44. The highest BCUT2D eigenvalue weighted by atomic mass is 16.7. The van der Waals surface area contributed by atoms with Gasteiger partial charge in [0.25, 0.3) is 0 Å². The van der Waals surface area contributed by atoms with Gasteiger partial charge in [0.2, 0.25) is 11.8 Å². The zero-order valence-corrected chi connectivity index (χ0v) is 27.3. The van der Waals surface area contributed by atoms with Gasteiger partial charge in [-0.15, -0.1) is 0 Å². The van der Waals surface area contributed by atoms with E-state index in [4.69, 9.17) is 23.7 Å². The number of hydrogen-bond acceptors (Lipinski definition) is 10. The van der Waals surface area contributed by atoms with Crippen LogP contribution in [0.4, 0.5) is 0 Å². The molecule has 4 aliphatic rings. The first-order valence-electron chi connectivity index (χ1n) is 16.5.